The average molecular weight is 524 g/mol. The quantitative estimate of drug-likeness (QED) is 0.251. The van der Waals surface area contributed by atoms with Crippen LogP contribution >= 0.6 is 0 Å². The third-order valence-corrected chi connectivity index (χ3v) is 7.85. The van der Waals surface area contributed by atoms with Gasteiger partial charge in [-0.25, -0.2) is 4.98 Å². The van der Waals surface area contributed by atoms with Gasteiger partial charge in [-0.3, -0.25) is 4.79 Å². The third kappa shape index (κ3) is 5.90. The first kappa shape index (κ1) is 25.3. The number of benzene rings is 2. The van der Waals surface area contributed by atoms with Crippen molar-refractivity contribution in [3.05, 3.63) is 66.5 Å². The average Bonchev–Trinajstić information content (AvgIpc) is 3.72. The largest absolute Gasteiger partial charge is 0.364 e. The topological polar surface area (TPSA) is 96.8 Å². The van der Waals surface area contributed by atoms with Gasteiger partial charge in [-0.05, 0) is 69.1 Å². The van der Waals surface area contributed by atoms with Crippen molar-refractivity contribution in [1.82, 2.24) is 24.8 Å². The normalized spacial score (nSPS) is 19.3. The zero-order chi connectivity index (χ0) is 26.8. The van der Waals surface area contributed by atoms with Crippen LogP contribution in [0.25, 0.3) is 22.3 Å². The Balaban J connectivity index is 1.15. The van der Waals surface area contributed by atoms with Gasteiger partial charge in [0.25, 0.3) is 0 Å². The van der Waals surface area contributed by atoms with Crippen LogP contribution in [0.4, 0.5) is 11.8 Å². The molecule has 0 radical (unpaired) electrons. The van der Waals surface area contributed by atoms with Crippen LogP contribution in [0.5, 0.6) is 0 Å². The number of carbonyl (C=O) groups is 1. The summed E-state index contributed by atoms with van der Waals surface area (Å²) in [5, 5.41) is 10.4. The van der Waals surface area contributed by atoms with Crippen LogP contribution in [0, 0.1) is 5.92 Å². The number of hydrogen-bond acceptors (Lipinski definition) is 6. The number of imidazole rings is 1. The lowest BCUT2D eigenvalue weighted by Crippen LogP contribution is -2.40. The van der Waals surface area contributed by atoms with Crippen LogP contribution in [0.2, 0.25) is 0 Å². The van der Waals surface area contributed by atoms with Gasteiger partial charge < -0.3 is 20.5 Å². The Morgan fingerprint density at radius 1 is 0.897 bits per heavy atom. The maximum Gasteiger partial charge on any atom is 0.227 e. The number of nitrogens with one attached hydrogen (secondary N) is 3. The van der Waals surface area contributed by atoms with Crippen LogP contribution < -0.4 is 16.0 Å². The van der Waals surface area contributed by atoms with Gasteiger partial charge in [0.05, 0.1) is 6.33 Å². The van der Waals surface area contributed by atoms with E-state index in [0.717, 1.165) is 55.5 Å². The number of fused-ring (bicyclic) bond motifs is 1. The van der Waals surface area contributed by atoms with Gasteiger partial charge >= 0.3 is 0 Å². The Morgan fingerprint density at radius 3 is 2.28 bits per heavy atom. The minimum atomic E-state index is 0.238. The lowest BCUT2D eigenvalue weighted by Gasteiger charge is -2.29. The Hall–Kier alpha value is -3.94. The monoisotopic (exact) mass is 523 g/mol. The van der Waals surface area contributed by atoms with Crippen molar-refractivity contribution in [2.24, 2.45) is 5.92 Å². The summed E-state index contributed by atoms with van der Waals surface area (Å²) in [6.07, 6.45) is 7.86. The minimum Gasteiger partial charge on any atom is -0.364 e. The summed E-state index contributed by atoms with van der Waals surface area (Å²) in [5.41, 5.74) is 5.19. The van der Waals surface area contributed by atoms with Gasteiger partial charge in [-0.1, -0.05) is 54.6 Å². The van der Waals surface area contributed by atoms with Crippen LogP contribution in [0.1, 0.15) is 64.0 Å². The molecule has 2 aliphatic carbocycles. The van der Waals surface area contributed by atoms with E-state index in [0.29, 0.717) is 12.5 Å². The Labute approximate surface area is 229 Å². The van der Waals surface area contributed by atoms with E-state index in [-0.39, 0.29) is 30.0 Å². The fraction of sp³-hybridized carbons (Fsp3) is 0.419. The number of amides is 1. The molecule has 0 unspecified atom stereocenters. The maximum absolute atomic E-state index is 12.2. The Kier molecular flexibility index (Phi) is 7.18. The fourth-order valence-corrected chi connectivity index (χ4v) is 5.34. The van der Waals surface area contributed by atoms with Crippen molar-refractivity contribution in [3.63, 3.8) is 0 Å². The van der Waals surface area contributed by atoms with E-state index in [4.69, 9.17) is 9.97 Å². The second kappa shape index (κ2) is 11.0. The highest BCUT2D eigenvalue weighted by molar-refractivity contribution is 5.84. The smallest absolute Gasteiger partial charge is 0.227 e. The number of aromatic nitrogens is 4. The van der Waals surface area contributed by atoms with Gasteiger partial charge in [0, 0.05) is 30.6 Å². The molecule has 0 spiro atoms. The van der Waals surface area contributed by atoms with Crippen molar-refractivity contribution in [2.45, 2.75) is 77.0 Å². The molecule has 1 amide bonds. The third-order valence-electron chi connectivity index (χ3n) is 7.85. The van der Waals surface area contributed by atoms with Gasteiger partial charge in [0.15, 0.2) is 17.0 Å². The van der Waals surface area contributed by atoms with Gasteiger partial charge in [0.1, 0.15) is 0 Å². The summed E-state index contributed by atoms with van der Waals surface area (Å²) in [7, 11) is 0. The van der Waals surface area contributed by atoms with E-state index >= 15 is 0 Å². The van der Waals surface area contributed by atoms with Crippen molar-refractivity contribution < 1.29 is 4.79 Å². The number of hydrogen-bond donors (Lipinski definition) is 3. The molecule has 2 fully saturated rings. The standard InChI is InChI=1S/C31H37N7O/c1-20(2)38-19-33-27-28(32-18-21-8-10-23(11-9-21)22-6-4-3-5-7-22)36-31(37-29(27)38)35-26-16-14-25(15-17-26)34-30(39)24-12-13-24/h3-11,19-20,24-26H,12-18H2,1-2H3,(H,34,39)(H2,32,35,36,37). The van der Waals surface area contributed by atoms with E-state index in [2.05, 4.69) is 87.9 Å². The predicted octanol–water partition coefficient (Wildman–Crippen LogP) is 5.94. The number of rotatable bonds is 9. The zero-order valence-corrected chi connectivity index (χ0v) is 22.7. The highest BCUT2D eigenvalue weighted by Gasteiger charge is 2.32. The zero-order valence-electron chi connectivity index (χ0n) is 22.7. The van der Waals surface area contributed by atoms with E-state index in [1.165, 1.54) is 16.7 Å². The summed E-state index contributed by atoms with van der Waals surface area (Å²) in [4.78, 5) is 26.6. The molecule has 6 rings (SSSR count). The van der Waals surface area contributed by atoms with Crippen LogP contribution in [0.3, 0.4) is 0 Å². The lowest BCUT2D eigenvalue weighted by molar-refractivity contribution is -0.123. The molecule has 2 aromatic heterocycles. The van der Waals surface area contributed by atoms with Crippen molar-refractivity contribution in [3.8, 4) is 11.1 Å². The van der Waals surface area contributed by atoms with E-state index in [1.54, 1.807) is 0 Å². The van der Waals surface area contributed by atoms with E-state index < -0.39 is 0 Å². The SMILES string of the molecule is CC(C)n1cnc2c(NCc3ccc(-c4ccccc4)cc3)nc(NC3CCC(NC(=O)C4CC4)CC3)nc21. The molecular formula is C31H37N7O. The highest BCUT2D eigenvalue weighted by Crippen LogP contribution is 2.30. The molecule has 2 aromatic carbocycles. The molecular weight excluding hydrogens is 486 g/mol. The second-order valence-corrected chi connectivity index (χ2v) is 11.2. The summed E-state index contributed by atoms with van der Waals surface area (Å²) in [5.74, 6) is 1.86. The predicted molar refractivity (Wildman–Crippen MR) is 155 cm³/mol. The molecule has 3 N–H and O–H groups in total. The lowest BCUT2D eigenvalue weighted by atomic mass is 9.91. The first-order chi connectivity index (χ1) is 19.0. The minimum absolute atomic E-state index is 0.238. The van der Waals surface area contributed by atoms with Crippen LogP contribution in [-0.4, -0.2) is 37.5 Å². The van der Waals surface area contributed by atoms with Crippen LogP contribution in [-0.2, 0) is 11.3 Å². The molecule has 0 bridgehead atoms. The molecule has 202 valence electrons. The van der Waals surface area contributed by atoms with Gasteiger partial charge in [0.2, 0.25) is 11.9 Å². The Morgan fingerprint density at radius 2 is 1.59 bits per heavy atom. The number of anilines is 2. The molecule has 4 aromatic rings. The summed E-state index contributed by atoms with van der Waals surface area (Å²) in [6.45, 7) is 4.91. The fourth-order valence-electron chi connectivity index (χ4n) is 5.34. The first-order valence-electron chi connectivity index (χ1n) is 14.2. The Bertz CT molecular complexity index is 1420. The van der Waals surface area contributed by atoms with Crippen molar-refractivity contribution in [2.75, 3.05) is 10.6 Å². The molecule has 39 heavy (non-hydrogen) atoms. The molecule has 8 heteroatoms. The highest BCUT2D eigenvalue weighted by atomic mass is 16.2. The second-order valence-electron chi connectivity index (χ2n) is 11.2. The first-order valence-corrected chi connectivity index (χ1v) is 14.2. The number of carbonyl (C=O) groups excluding carboxylic acids is 1. The number of nitrogens with zero attached hydrogens (tertiary/aromatic N) is 4. The van der Waals surface area contributed by atoms with Gasteiger partial charge in [-0.2, -0.15) is 9.97 Å². The van der Waals surface area contributed by atoms with Crippen molar-refractivity contribution in [1.29, 1.82) is 0 Å². The van der Waals surface area contributed by atoms with E-state index in [1.807, 2.05) is 12.4 Å². The molecule has 0 aliphatic heterocycles. The summed E-state index contributed by atoms with van der Waals surface area (Å²) >= 11 is 0. The maximum atomic E-state index is 12.2. The van der Waals surface area contributed by atoms with Gasteiger partial charge in [-0.15, -0.1) is 0 Å². The molecule has 2 aliphatic rings. The van der Waals surface area contributed by atoms with Crippen molar-refractivity contribution >= 4 is 28.8 Å². The van der Waals surface area contributed by atoms with E-state index in [9.17, 15) is 4.79 Å². The molecule has 2 heterocycles. The molecule has 2 saturated carbocycles. The molecule has 0 atom stereocenters. The summed E-state index contributed by atoms with van der Waals surface area (Å²) < 4.78 is 2.09. The summed E-state index contributed by atoms with van der Waals surface area (Å²) in [6, 6.07) is 19.8. The van der Waals surface area contributed by atoms with Crippen LogP contribution in [0.15, 0.2) is 60.9 Å². The molecule has 0 saturated heterocycles. The molecule has 8 nitrogen and oxygen atoms in total.